The molecule has 0 aliphatic carbocycles. The van der Waals surface area contributed by atoms with Crippen molar-refractivity contribution in [3.8, 4) is 0 Å². The molecular formula is C11H12BrClN2O2. The van der Waals surface area contributed by atoms with Crippen LogP contribution in [-0.4, -0.2) is 17.8 Å². The van der Waals surface area contributed by atoms with Gasteiger partial charge in [-0.05, 0) is 40.5 Å². The number of carbonyl (C=O) groups is 2. The lowest BCUT2D eigenvalue weighted by molar-refractivity contribution is -0.119. The topological polar surface area (TPSA) is 58.2 Å². The van der Waals surface area contributed by atoms with Gasteiger partial charge in [0, 0.05) is 16.8 Å². The molecule has 6 heteroatoms. The minimum atomic E-state index is -0.565. The second-order valence-corrected chi connectivity index (χ2v) is 4.66. The summed E-state index contributed by atoms with van der Waals surface area (Å²) >= 11 is 8.71. The lowest BCUT2D eigenvalue weighted by Crippen LogP contribution is -2.34. The number of alkyl halides is 1. The Morgan fingerprint density at radius 2 is 2.12 bits per heavy atom. The highest BCUT2D eigenvalue weighted by Gasteiger charge is 2.08. The Bertz CT molecular complexity index is 437. The number of carbonyl (C=O) groups excluding carboxylic acids is 2. The van der Waals surface area contributed by atoms with Crippen LogP contribution in [-0.2, 0) is 4.79 Å². The highest BCUT2D eigenvalue weighted by molar-refractivity contribution is 9.10. The van der Waals surface area contributed by atoms with Crippen molar-refractivity contribution >= 4 is 45.2 Å². The van der Waals surface area contributed by atoms with E-state index in [1.807, 2.05) is 19.1 Å². The third-order valence-electron chi connectivity index (χ3n) is 1.95. The Balaban J connectivity index is 2.59. The minimum Gasteiger partial charge on any atom is -0.307 e. The first-order valence-electron chi connectivity index (χ1n) is 4.96. The predicted molar refractivity (Wildman–Crippen MR) is 71.4 cm³/mol. The Morgan fingerprint density at radius 1 is 1.41 bits per heavy atom. The molecule has 0 heterocycles. The zero-order chi connectivity index (χ0) is 12.8. The fourth-order valence-electron chi connectivity index (χ4n) is 1.15. The zero-order valence-corrected chi connectivity index (χ0v) is 11.6. The fraction of sp³-hybridized carbons (Fsp3) is 0.273. The van der Waals surface area contributed by atoms with E-state index in [4.69, 9.17) is 11.6 Å². The van der Waals surface area contributed by atoms with Gasteiger partial charge in [0.2, 0.25) is 5.91 Å². The highest BCUT2D eigenvalue weighted by Crippen LogP contribution is 2.23. The maximum Gasteiger partial charge on any atom is 0.325 e. The van der Waals surface area contributed by atoms with E-state index in [1.54, 1.807) is 6.07 Å². The molecule has 2 N–H and O–H groups in total. The van der Waals surface area contributed by atoms with Crippen molar-refractivity contribution in [3.05, 3.63) is 28.2 Å². The van der Waals surface area contributed by atoms with Crippen LogP contribution in [0.25, 0.3) is 0 Å². The predicted octanol–water partition coefficient (Wildman–Crippen LogP) is 3.03. The summed E-state index contributed by atoms with van der Waals surface area (Å²) < 4.78 is 0.762. The number of hydrogen-bond donors (Lipinski definition) is 2. The summed E-state index contributed by atoms with van der Waals surface area (Å²) in [6.45, 7) is 1.94. The van der Waals surface area contributed by atoms with E-state index >= 15 is 0 Å². The summed E-state index contributed by atoms with van der Waals surface area (Å²) in [5.41, 5.74) is 1.67. The van der Waals surface area contributed by atoms with Crippen molar-refractivity contribution in [3.63, 3.8) is 0 Å². The maximum absolute atomic E-state index is 11.4. The third kappa shape index (κ3) is 4.75. The van der Waals surface area contributed by atoms with Crippen LogP contribution in [0.5, 0.6) is 0 Å². The molecule has 0 spiro atoms. The van der Waals surface area contributed by atoms with Gasteiger partial charge in [-0.2, -0.15) is 0 Å². The van der Waals surface area contributed by atoms with Crippen molar-refractivity contribution in [1.29, 1.82) is 0 Å². The molecule has 0 fully saturated rings. The molecule has 0 saturated carbocycles. The zero-order valence-electron chi connectivity index (χ0n) is 9.22. The molecule has 0 radical (unpaired) electrons. The first-order chi connectivity index (χ1) is 8.02. The van der Waals surface area contributed by atoms with Crippen LogP contribution >= 0.6 is 27.5 Å². The lowest BCUT2D eigenvalue weighted by Gasteiger charge is -2.08. The van der Waals surface area contributed by atoms with Gasteiger partial charge >= 0.3 is 6.03 Å². The second kappa shape index (κ2) is 6.61. The van der Waals surface area contributed by atoms with Crippen LogP contribution in [0.1, 0.15) is 12.0 Å². The van der Waals surface area contributed by atoms with Crippen LogP contribution < -0.4 is 10.6 Å². The van der Waals surface area contributed by atoms with Gasteiger partial charge < -0.3 is 5.32 Å². The largest absolute Gasteiger partial charge is 0.325 e. The van der Waals surface area contributed by atoms with Gasteiger partial charge in [0.25, 0.3) is 0 Å². The highest BCUT2D eigenvalue weighted by atomic mass is 79.9. The van der Waals surface area contributed by atoms with Gasteiger partial charge in [0.05, 0.1) is 5.69 Å². The normalized spacial score (nSPS) is 9.82. The first-order valence-corrected chi connectivity index (χ1v) is 6.28. The minimum absolute atomic E-state index is 0.115. The van der Waals surface area contributed by atoms with Gasteiger partial charge in [-0.25, -0.2) is 4.79 Å². The molecule has 0 saturated heterocycles. The van der Waals surface area contributed by atoms with Crippen molar-refractivity contribution in [1.82, 2.24) is 5.32 Å². The van der Waals surface area contributed by atoms with Gasteiger partial charge in [0.15, 0.2) is 0 Å². The van der Waals surface area contributed by atoms with Crippen molar-refractivity contribution < 1.29 is 9.59 Å². The van der Waals surface area contributed by atoms with Crippen LogP contribution in [0.3, 0.4) is 0 Å². The Kier molecular flexibility index (Phi) is 5.44. The fourth-order valence-corrected chi connectivity index (χ4v) is 1.91. The molecule has 0 aromatic heterocycles. The van der Waals surface area contributed by atoms with Crippen LogP contribution in [0.2, 0.25) is 0 Å². The number of halogens is 2. The monoisotopic (exact) mass is 318 g/mol. The number of rotatable bonds is 3. The summed E-state index contributed by atoms with van der Waals surface area (Å²) in [6, 6.07) is 4.92. The Labute approximate surface area is 113 Å². The molecule has 0 aliphatic rings. The number of nitrogens with one attached hydrogen (secondary N) is 2. The first kappa shape index (κ1) is 14.0. The number of amides is 3. The van der Waals surface area contributed by atoms with E-state index < -0.39 is 11.9 Å². The number of benzene rings is 1. The summed E-state index contributed by atoms with van der Waals surface area (Å²) in [5, 5.41) is 4.74. The van der Waals surface area contributed by atoms with E-state index in [2.05, 4.69) is 26.6 Å². The van der Waals surface area contributed by atoms with E-state index in [-0.39, 0.29) is 12.3 Å². The molecule has 0 unspecified atom stereocenters. The van der Waals surface area contributed by atoms with Gasteiger partial charge in [-0.15, -0.1) is 11.6 Å². The molecular weight excluding hydrogens is 307 g/mol. The molecule has 3 amide bonds. The SMILES string of the molecule is Cc1ccc(NC(=O)NC(=O)CCCl)c(Br)c1. The van der Waals surface area contributed by atoms with E-state index in [1.165, 1.54) is 0 Å². The summed E-state index contributed by atoms with van der Waals surface area (Å²) in [4.78, 5) is 22.5. The molecule has 0 atom stereocenters. The average molecular weight is 320 g/mol. The molecule has 0 bridgehead atoms. The number of hydrogen-bond acceptors (Lipinski definition) is 2. The van der Waals surface area contributed by atoms with Crippen LogP contribution in [0.15, 0.2) is 22.7 Å². The van der Waals surface area contributed by atoms with Gasteiger partial charge in [-0.3, -0.25) is 10.1 Å². The molecule has 1 aromatic carbocycles. The van der Waals surface area contributed by atoms with Gasteiger partial charge in [0.1, 0.15) is 0 Å². The third-order valence-corrected chi connectivity index (χ3v) is 2.79. The van der Waals surface area contributed by atoms with Crippen molar-refractivity contribution in [2.45, 2.75) is 13.3 Å². The molecule has 0 aliphatic heterocycles. The Hall–Kier alpha value is -1.07. The smallest absolute Gasteiger partial charge is 0.307 e. The number of anilines is 1. The van der Waals surface area contributed by atoms with Gasteiger partial charge in [-0.1, -0.05) is 6.07 Å². The standard InChI is InChI=1S/C11H12BrClN2O2/c1-7-2-3-9(8(12)6-7)14-11(17)15-10(16)4-5-13/h2-3,6H,4-5H2,1H3,(H2,14,15,16,17). The van der Waals surface area contributed by atoms with E-state index in [0.29, 0.717) is 5.69 Å². The Morgan fingerprint density at radius 3 is 2.71 bits per heavy atom. The maximum atomic E-state index is 11.4. The van der Waals surface area contributed by atoms with Crippen molar-refractivity contribution in [2.75, 3.05) is 11.2 Å². The summed E-state index contributed by atoms with van der Waals surface area (Å²) in [6.07, 6.45) is 0.115. The molecule has 17 heavy (non-hydrogen) atoms. The molecule has 1 aromatic rings. The van der Waals surface area contributed by atoms with Crippen LogP contribution in [0, 0.1) is 6.92 Å². The number of aryl methyl sites for hydroxylation is 1. The summed E-state index contributed by atoms with van der Waals surface area (Å²) in [7, 11) is 0. The van der Waals surface area contributed by atoms with E-state index in [9.17, 15) is 9.59 Å². The lowest BCUT2D eigenvalue weighted by atomic mass is 10.2. The van der Waals surface area contributed by atoms with Crippen molar-refractivity contribution in [2.24, 2.45) is 0 Å². The molecule has 92 valence electrons. The average Bonchev–Trinajstić information content (AvgIpc) is 2.22. The van der Waals surface area contributed by atoms with Crippen LogP contribution in [0.4, 0.5) is 10.5 Å². The van der Waals surface area contributed by atoms with E-state index in [0.717, 1.165) is 10.0 Å². The molecule has 1 rings (SSSR count). The quantitative estimate of drug-likeness (QED) is 0.841. The second-order valence-electron chi connectivity index (χ2n) is 3.42. The number of imide groups is 1. The number of urea groups is 1. The summed E-state index contributed by atoms with van der Waals surface area (Å²) in [5.74, 6) is -0.214. The molecule has 4 nitrogen and oxygen atoms in total.